The number of fused-ring (bicyclic) bond motifs is 1. The first-order valence-corrected chi connectivity index (χ1v) is 12.7. The summed E-state index contributed by atoms with van der Waals surface area (Å²) < 4.78 is 48.0. The van der Waals surface area contributed by atoms with E-state index in [0.717, 1.165) is 66.6 Å². The minimum Gasteiger partial charge on any atom is -0.468 e. The molecule has 192 valence electrons. The second-order valence-corrected chi connectivity index (χ2v) is 10.2. The lowest BCUT2D eigenvalue weighted by atomic mass is 10.0. The lowest BCUT2D eigenvalue weighted by molar-refractivity contribution is -0.154. The van der Waals surface area contributed by atoms with Gasteiger partial charge in [-0.15, -0.1) is 21.5 Å². The Labute approximate surface area is 206 Å². The normalized spacial score (nSPS) is 21.3. The van der Waals surface area contributed by atoms with Crippen molar-refractivity contribution in [2.45, 2.75) is 63.8 Å². The molecule has 0 saturated carbocycles. The first kappa shape index (κ1) is 25.8. The van der Waals surface area contributed by atoms with Gasteiger partial charge in [0, 0.05) is 37.8 Å². The molecule has 0 aromatic carbocycles. The van der Waals surface area contributed by atoms with Gasteiger partial charge in [-0.3, -0.25) is 4.79 Å². The number of carbonyl (C=O) groups is 1. The van der Waals surface area contributed by atoms with Crippen LogP contribution in [-0.2, 0) is 28.8 Å². The lowest BCUT2D eigenvalue weighted by Crippen LogP contribution is -2.44. The molecule has 1 amide bonds. The highest BCUT2D eigenvalue weighted by Gasteiger charge is 2.29. The van der Waals surface area contributed by atoms with E-state index in [1.54, 1.807) is 0 Å². The van der Waals surface area contributed by atoms with Crippen molar-refractivity contribution in [2.24, 2.45) is 0 Å². The number of carbonyl (C=O) groups excluding carboxylic acids is 1. The number of hydrogen-bond donors (Lipinski definition) is 1. The molecule has 35 heavy (non-hydrogen) atoms. The van der Waals surface area contributed by atoms with Crippen molar-refractivity contribution < 1.29 is 27.4 Å². The standard InChI is InChI=1S/C23H30F3N5O3S/c1-15-29-30-22(35-15)12-20(32)27-17-3-4-18(33-13-17)7-10-31-9-6-16-2-5-21(28-19(16)8-11-31)34-14-23(24,25)26/h2,5,17-18H,3-4,6-14H2,1H3,(H,27,32)/t17-,18+/m0/s1. The molecular weight excluding hydrogens is 483 g/mol. The van der Waals surface area contributed by atoms with Crippen molar-refractivity contribution in [1.29, 1.82) is 0 Å². The van der Waals surface area contributed by atoms with E-state index >= 15 is 0 Å². The van der Waals surface area contributed by atoms with Gasteiger partial charge >= 0.3 is 6.18 Å². The molecule has 2 aromatic heterocycles. The maximum absolute atomic E-state index is 12.4. The number of rotatable bonds is 8. The Hall–Kier alpha value is -2.31. The number of aromatic nitrogens is 3. The second-order valence-electron chi connectivity index (χ2n) is 8.98. The van der Waals surface area contributed by atoms with Crippen molar-refractivity contribution in [2.75, 3.05) is 32.8 Å². The molecule has 0 spiro atoms. The molecular formula is C23H30F3N5O3S. The molecule has 0 aliphatic carbocycles. The number of aryl methyl sites for hydroxylation is 1. The smallest absolute Gasteiger partial charge is 0.422 e. The van der Waals surface area contributed by atoms with E-state index in [2.05, 4.69) is 25.4 Å². The van der Waals surface area contributed by atoms with E-state index in [0.29, 0.717) is 13.0 Å². The molecule has 1 saturated heterocycles. The first-order valence-electron chi connectivity index (χ1n) is 11.8. The van der Waals surface area contributed by atoms with Crippen LogP contribution < -0.4 is 10.1 Å². The zero-order valence-corrected chi connectivity index (χ0v) is 20.5. The molecule has 2 aromatic rings. The van der Waals surface area contributed by atoms with Gasteiger partial charge in [-0.1, -0.05) is 6.07 Å². The third-order valence-corrected chi connectivity index (χ3v) is 7.01. The van der Waals surface area contributed by atoms with Crippen LogP contribution in [0.15, 0.2) is 12.1 Å². The van der Waals surface area contributed by atoms with Crippen LogP contribution in [0.25, 0.3) is 0 Å². The van der Waals surface area contributed by atoms with Gasteiger partial charge in [0.2, 0.25) is 11.8 Å². The fourth-order valence-corrected chi connectivity index (χ4v) is 5.08. The molecule has 2 aliphatic heterocycles. The zero-order chi connectivity index (χ0) is 24.8. The largest absolute Gasteiger partial charge is 0.468 e. The second kappa shape index (κ2) is 11.6. The average molecular weight is 514 g/mol. The topological polar surface area (TPSA) is 89.5 Å². The number of hydrogen-bond acceptors (Lipinski definition) is 8. The van der Waals surface area contributed by atoms with Crippen LogP contribution >= 0.6 is 11.3 Å². The molecule has 0 unspecified atom stereocenters. The summed E-state index contributed by atoms with van der Waals surface area (Å²) in [6.07, 6.45) is 0.153. The van der Waals surface area contributed by atoms with E-state index in [1.807, 2.05) is 13.0 Å². The number of halogens is 3. The third kappa shape index (κ3) is 8.11. The van der Waals surface area contributed by atoms with Gasteiger partial charge in [0.15, 0.2) is 6.61 Å². The van der Waals surface area contributed by atoms with E-state index in [9.17, 15) is 18.0 Å². The first-order chi connectivity index (χ1) is 16.7. The SMILES string of the molecule is Cc1nnc(CC(=O)N[C@H]2CC[C@H](CCN3CCc4ccc(OCC(F)(F)F)nc4CC3)OC2)s1. The van der Waals surface area contributed by atoms with E-state index < -0.39 is 12.8 Å². The van der Waals surface area contributed by atoms with Crippen LogP contribution in [0.1, 0.15) is 40.5 Å². The average Bonchev–Trinajstić information content (AvgIpc) is 3.10. The van der Waals surface area contributed by atoms with Gasteiger partial charge < -0.3 is 19.7 Å². The number of nitrogens with zero attached hydrogens (tertiary/aromatic N) is 4. The van der Waals surface area contributed by atoms with Crippen molar-refractivity contribution in [3.05, 3.63) is 33.4 Å². The number of alkyl halides is 3. The Morgan fingerprint density at radius 3 is 2.80 bits per heavy atom. The van der Waals surface area contributed by atoms with Gasteiger partial charge in [-0.2, -0.15) is 13.2 Å². The van der Waals surface area contributed by atoms with Crippen LogP contribution in [0.5, 0.6) is 5.88 Å². The Morgan fingerprint density at radius 2 is 2.09 bits per heavy atom. The van der Waals surface area contributed by atoms with Gasteiger partial charge in [-0.05, 0) is 38.2 Å². The number of nitrogens with one attached hydrogen (secondary N) is 1. The highest BCUT2D eigenvalue weighted by atomic mass is 32.1. The van der Waals surface area contributed by atoms with E-state index in [1.165, 1.54) is 17.4 Å². The molecule has 12 heteroatoms. The summed E-state index contributed by atoms with van der Waals surface area (Å²) in [5.41, 5.74) is 1.87. The van der Waals surface area contributed by atoms with Crippen molar-refractivity contribution >= 4 is 17.2 Å². The predicted molar refractivity (Wildman–Crippen MR) is 124 cm³/mol. The predicted octanol–water partition coefficient (Wildman–Crippen LogP) is 2.88. The van der Waals surface area contributed by atoms with Crippen LogP contribution in [0.3, 0.4) is 0 Å². The minimum atomic E-state index is -4.38. The van der Waals surface area contributed by atoms with Crippen molar-refractivity contribution in [3.63, 3.8) is 0 Å². The summed E-state index contributed by atoms with van der Waals surface area (Å²) in [7, 11) is 0. The fourth-order valence-electron chi connectivity index (χ4n) is 4.37. The van der Waals surface area contributed by atoms with Gasteiger partial charge in [0.1, 0.15) is 10.0 Å². The molecule has 0 bridgehead atoms. The van der Waals surface area contributed by atoms with Crippen LogP contribution in [0, 0.1) is 6.92 Å². The maximum atomic E-state index is 12.4. The van der Waals surface area contributed by atoms with Gasteiger partial charge in [0.25, 0.3) is 0 Å². The third-order valence-electron chi connectivity index (χ3n) is 6.17. The highest BCUT2D eigenvalue weighted by Crippen LogP contribution is 2.22. The summed E-state index contributed by atoms with van der Waals surface area (Å²) >= 11 is 1.43. The highest BCUT2D eigenvalue weighted by molar-refractivity contribution is 7.11. The van der Waals surface area contributed by atoms with Gasteiger partial charge in [-0.25, -0.2) is 4.98 Å². The number of pyridine rings is 1. The molecule has 1 fully saturated rings. The zero-order valence-electron chi connectivity index (χ0n) is 19.6. The summed E-state index contributed by atoms with van der Waals surface area (Å²) in [4.78, 5) is 18.9. The maximum Gasteiger partial charge on any atom is 0.422 e. The van der Waals surface area contributed by atoms with Crippen LogP contribution in [-0.4, -0.2) is 77.2 Å². The van der Waals surface area contributed by atoms with E-state index in [-0.39, 0.29) is 30.4 Å². The molecule has 4 rings (SSSR count). The van der Waals surface area contributed by atoms with Crippen molar-refractivity contribution in [3.8, 4) is 5.88 Å². The Bertz CT molecular complexity index is 995. The monoisotopic (exact) mass is 513 g/mol. The Balaban J connectivity index is 1.16. The number of ether oxygens (including phenoxy) is 2. The summed E-state index contributed by atoms with van der Waals surface area (Å²) in [6, 6.07) is 3.35. The van der Waals surface area contributed by atoms with Crippen LogP contribution in [0.2, 0.25) is 0 Å². The van der Waals surface area contributed by atoms with Crippen molar-refractivity contribution in [1.82, 2.24) is 25.4 Å². The Kier molecular flexibility index (Phi) is 8.55. The molecule has 0 radical (unpaired) electrons. The molecule has 8 nitrogen and oxygen atoms in total. The van der Waals surface area contributed by atoms with Gasteiger partial charge in [0.05, 0.1) is 25.2 Å². The minimum absolute atomic E-state index is 0.0142. The Morgan fingerprint density at radius 1 is 1.26 bits per heavy atom. The lowest BCUT2D eigenvalue weighted by Gasteiger charge is -2.31. The molecule has 2 aliphatic rings. The fraction of sp³-hybridized carbons (Fsp3) is 0.652. The summed E-state index contributed by atoms with van der Waals surface area (Å²) in [5, 5.41) is 12.5. The van der Waals surface area contributed by atoms with Crippen LogP contribution in [0.4, 0.5) is 13.2 Å². The van der Waals surface area contributed by atoms with E-state index in [4.69, 9.17) is 9.47 Å². The molecule has 1 N–H and O–H groups in total. The molecule has 2 atom stereocenters. The summed E-state index contributed by atoms with van der Waals surface area (Å²) in [6.45, 7) is 3.57. The summed E-state index contributed by atoms with van der Waals surface area (Å²) in [5.74, 6) is -0.0388. The molecule has 4 heterocycles. The number of amides is 1. The quantitative estimate of drug-likeness (QED) is 0.581.